The van der Waals surface area contributed by atoms with Crippen molar-refractivity contribution in [1.29, 1.82) is 0 Å². The smallest absolute Gasteiger partial charge is 0.337 e. The molecule has 2 N–H and O–H groups in total. The number of aromatic nitrogens is 1. The maximum Gasteiger partial charge on any atom is 0.337 e. The summed E-state index contributed by atoms with van der Waals surface area (Å²) in [4.78, 5) is 26.9. The van der Waals surface area contributed by atoms with Crippen LogP contribution < -0.4 is 5.32 Å². The summed E-state index contributed by atoms with van der Waals surface area (Å²) in [7, 11) is 0. The van der Waals surface area contributed by atoms with E-state index in [1.165, 1.54) is 6.07 Å². The van der Waals surface area contributed by atoms with Crippen LogP contribution in [-0.4, -0.2) is 22.0 Å². The van der Waals surface area contributed by atoms with Gasteiger partial charge in [-0.05, 0) is 36.8 Å². The Bertz CT molecular complexity index is 639. The molecular formula is C15H14N2O3. The minimum atomic E-state index is -1.06. The topological polar surface area (TPSA) is 79.3 Å². The lowest BCUT2D eigenvalue weighted by Crippen LogP contribution is -2.16. The van der Waals surface area contributed by atoms with E-state index in [1.54, 1.807) is 43.6 Å². The van der Waals surface area contributed by atoms with Crippen molar-refractivity contribution in [3.05, 3.63) is 59.4 Å². The van der Waals surface area contributed by atoms with Gasteiger partial charge >= 0.3 is 5.97 Å². The number of hydrogen-bond acceptors (Lipinski definition) is 3. The molecule has 0 spiro atoms. The molecule has 2 rings (SSSR count). The molecule has 102 valence electrons. The Balaban J connectivity index is 2.14. The average Bonchev–Trinajstić information content (AvgIpc) is 2.41. The maximum atomic E-state index is 11.9. The summed E-state index contributed by atoms with van der Waals surface area (Å²) in [5.74, 6) is -1.32. The lowest BCUT2D eigenvalue weighted by molar-refractivity contribution is -0.115. The third-order valence-corrected chi connectivity index (χ3v) is 2.79. The number of carbonyl (C=O) groups excluding carboxylic acids is 1. The fourth-order valence-corrected chi connectivity index (χ4v) is 1.82. The maximum absolute atomic E-state index is 11.9. The van der Waals surface area contributed by atoms with Crippen LogP contribution in [0.25, 0.3) is 0 Å². The SMILES string of the molecule is Cc1ccc(NC(=O)Cc2ccncc2)c(C(=O)O)c1. The summed E-state index contributed by atoms with van der Waals surface area (Å²) in [5.41, 5.74) is 2.05. The predicted molar refractivity (Wildman–Crippen MR) is 74.7 cm³/mol. The Kier molecular flexibility index (Phi) is 4.10. The van der Waals surface area contributed by atoms with Gasteiger partial charge in [0.15, 0.2) is 0 Å². The number of nitrogens with one attached hydrogen (secondary N) is 1. The number of rotatable bonds is 4. The number of benzene rings is 1. The molecule has 5 heteroatoms. The first kappa shape index (κ1) is 13.7. The van der Waals surface area contributed by atoms with E-state index < -0.39 is 5.97 Å². The first-order valence-corrected chi connectivity index (χ1v) is 6.09. The van der Waals surface area contributed by atoms with Crippen molar-refractivity contribution in [3.8, 4) is 0 Å². The largest absolute Gasteiger partial charge is 0.478 e. The lowest BCUT2D eigenvalue weighted by atomic mass is 10.1. The molecule has 0 aliphatic heterocycles. The van der Waals surface area contributed by atoms with E-state index in [2.05, 4.69) is 10.3 Å². The highest BCUT2D eigenvalue weighted by Gasteiger charge is 2.12. The van der Waals surface area contributed by atoms with Gasteiger partial charge in [-0.25, -0.2) is 4.79 Å². The Hall–Kier alpha value is -2.69. The van der Waals surface area contributed by atoms with Gasteiger partial charge in [0, 0.05) is 12.4 Å². The van der Waals surface area contributed by atoms with Gasteiger partial charge in [-0.15, -0.1) is 0 Å². The number of carbonyl (C=O) groups is 2. The van der Waals surface area contributed by atoms with E-state index >= 15 is 0 Å². The molecule has 0 saturated carbocycles. The number of anilines is 1. The van der Waals surface area contributed by atoms with Crippen LogP contribution in [0.4, 0.5) is 5.69 Å². The number of carboxylic acid groups (broad SMARTS) is 1. The van der Waals surface area contributed by atoms with Crippen molar-refractivity contribution in [2.24, 2.45) is 0 Å². The van der Waals surface area contributed by atoms with Gasteiger partial charge in [-0.3, -0.25) is 9.78 Å². The minimum Gasteiger partial charge on any atom is -0.478 e. The van der Waals surface area contributed by atoms with E-state index in [1.807, 2.05) is 0 Å². The highest BCUT2D eigenvalue weighted by Crippen LogP contribution is 2.17. The summed E-state index contributed by atoms with van der Waals surface area (Å²) in [6.07, 6.45) is 3.39. The zero-order valence-corrected chi connectivity index (χ0v) is 11.0. The third kappa shape index (κ3) is 3.41. The number of pyridine rings is 1. The van der Waals surface area contributed by atoms with Crippen LogP contribution in [0, 0.1) is 6.92 Å². The van der Waals surface area contributed by atoms with Gasteiger partial charge in [-0.1, -0.05) is 11.6 Å². The van der Waals surface area contributed by atoms with Crippen LogP contribution >= 0.6 is 0 Å². The molecule has 0 atom stereocenters. The summed E-state index contributed by atoms with van der Waals surface area (Å²) in [5, 5.41) is 11.8. The second-order valence-corrected chi connectivity index (χ2v) is 4.43. The van der Waals surface area contributed by atoms with Gasteiger partial charge in [0.1, 0.15) is 0 Å². The molecule has 0 aliphatic rings. The summed E-state index contributed by atoms with van der Waals surface area (Å²) in [6.45, 7) is 1.80. The van der Waals surface area contributed by atoms with Crippen LogP contribution in [0.15, 0.2) is 42.7 Å². The molecular weight excluding hydrogens is 256 g/mol. The van der Waals surface area contributed by atoms with Gasteiger partial charge in [-0.2, -0.15) is 0 Å². The molecule has 0 fully saturated rings. The molecule has 0 saturated heterocycles. The van der Waals surface area contributed by atoms with Crippen molar-refractivity contribution in [1.82, 2.24) is 4.98 Å². The van der Waals surface area contributed by atoms with Crippen LogP contribution in [0.3, 0.4) is 0 Å². The van der Waals surface area contributed by atoms with Gasteiger partial charge in [0.2, 0.25) is 5.91 Å². The first-order chi connectivity index (χ1) is 9.56. The number of aromatic carboxylic acids is 1. The van der Waals surface area contributed by atoms with Crippen molar-refractivity contribution in [2.75, 3.05) is 5.32 Å². The summed E-state index contributed by atoms with van der Waals surface area (Å²) >= 11 is 0. The van der Waals surface area contributed by atoms with E-state index in [-0.39, 0.29) is 17.9 Å². The van der Waals surface area contributed by atoms with Gasteiger partial charge in [0.05, 0.1) is 17.7 Å². The second-order valence-electron chi connectivity index (χ2n) is 4.43. The predicted octanol–water partition coefficient (Wildman–Crippen LogP) is 2.27. The van der Waals surface area contributed by atoms with Crippen LogP contribution in [-0.2, 0) is 11.2 Å². The Morgan fingerprint density at radius 1 is 1.20 bits per heavy atom. The summed E-state index contributed by atoms with van der Waals surface area (Å²) in [6, 6.07) is 8.38. The normalized spacial score (nSPS) is 10.1. The van der Waals surface area contributed by atoms with E-state index in [0.29, 0.717) is 5.69 Å². The Labute approximate surface area is 116 Å². The van der Waals surface area contributed by atoms with Crippen molar-refractivity contribution < 1.29 is 14.7 Å². The number of amides is 1. The fraction of sp³-hybridized carbons (Fsp3) is 0.133. The van der Waals surface area contributed by atoms with Crippen LogP contribution in [0.1, 0.15) is 21.5 Å². The monoisotopic (exact) mass is 270 g/mol. The Morgan fingerprint density at radius 2 is 1.90 bits per heavy atom. The third-order valence-electron chi connectivity index (χ3n) is 2.79. The van der Waals surface area contributed by atoms with Crippen molar-refractivity contribution in [3.63, 3.8) is 0 Å². The quantitative estimate of drug-likeness (QED) is 0.893. The molecule has 0 unspecified atom stereocenters. The highest BCUT2D eigenvalue weighted by atomic mass is 16.4. The first-order valence-electron chi connectivity index (χ1n) is 6.09. The van der Waals surface area contributed by atoms with E-state index in [0.717, 1.165) is 11.1 Å². The Morgan fingerprint density at radius 3 is 2.55 bits per heavy atom. The van der Waals surface area contributed by atoms with Crippen molar-refractivity contribution >= 4 is 17.6 Å². The molecule has 20 heavy (non-hydrogen) atoms. The molecule has 1 aromatic heterocycles. The molecule has 1 heterocycles. The van der Waals surface area contributed by atoms with Gasteiger partial charge < -0.3 is 10.4 Å². The van der Waals surface area contributed by atoms with E-state index in [9.17, 15) is 9.59 Å². The zero-order chi connectivity index (χ0) is 14.5. The minimum absolute atomic E-state index is 0.0908. The van der Waals surface area contributed by atoms with Crippen LogP contribution in [0.5, 0.6) is 0 Å². The fourth-order valence-electron chi connectivity index (χ4n) is 1.82. The molecule has 0 radical (unpaired) electrons. The number of aryl methyl sites for hydroxylation is 1. The number of carboxylic acids is 1. The average molecular weight is 270 g/mol. The molecule has 0 aliphatic carbocycles. The highest BCUT2D eigenvalue weighted by molar-refractivity contribution is 6.01. The molecule has 2 aromatic rings. The van der Waals surface area contributed by atoms with Crippen molar-refractivity contribution in [2.45, 2.75) is 13.3 Å². The standard InChI is InChI=1S/C15H14N2O3/c1-10-2-3-13(12(8-10)15(19)20)17-14(18)9-11-4-6-16-7-5-11/h2-8H,9H2,1H3,(H,17,18)(H,19,20). The molecule has 1 amide bonds. The number of hydrogen-bond donors (Lipinski definition) is 2. The van der Waals surface area contributed by atoms with Gasteiger partial charge in [0.25, 0.3) is 0 Å². The van der Waals surface area contributed by atoms with E-state index in [4.69, 9.17) is 5.11 Å². The lowest BCUT2D eigenvalue weighted by Gasteiger charge is -2.09. The zero-order valence-electron chi connectivity index (χ0n) is 11.0. The second kappa shape index (κ2) is 5.97. The summed E-state index contributed by atoms with van der Waals surface area (Å²) < 4.78 is 0. The molecule has 5 nitrogen and oxygen atoms in total. The van der Waals surface area contributed by atoms with Crippen LogP contribution in [0.2, 0.25) is 0 Å². The molecule has 1 aromatic carbocycles. The number of nitrogens with zero attached hydrogens (tertiary/aromatic N) is 1. The molecule has 0 bridgehead atoms.